The van der Waals surface area contributed by atoms with Crippen LogP contribution in [-0.2, 0) is 31.3 Å². The molecule has 0 amide bonds. The standard InChI is InChI=1S/C12H13NO3S.C6H8N2O2S/c1-2-3-6-11(14)8-10-5-4-7-12(9-10)17(13,15)16;7-5-2-1-3-6(4-5)11(8,9)10/h1,4-5,7,9H,3,6,8H2,(H2,13,15,16);1-4H,7H2,(H2,8,9,10). The second-order valence-corrected chi connectivity index (χ2v) is 8.85. The van der Waals surface area contributed by atoms with Crippen molar-refractivity contribution in [2.24, 2.45) is 10.3 Å². The first-order valence-electron chi connectivity index (χ1n) is 7.88. The van der Waals surface area contributed by atoms with Crippen molar-refractivity contribution in [3.8, 4) is 12.3 Å². The summed E-state index contributed by atoms with van der Waals surface area (Å²) in [6.07, 6.45) is 5.92. The van der Waals surface area contributed by atoms with E-state index < -0.39 is 20.0 Å². The predicted octanol–water partition coefficient (Wildman–Crippen LogP) is 0.775. The average Bonchev–Trinajstić information content (AvgIpc) is 2.59. The highest BCUT2D eigenvalue weighted by atomic mass is 32.2. The Morgan fingerprint density at radius 2 is 1.46 bits per heavy atom. The van der Waals surface area contributed by atoms with Gasteiger partial charge in [-0.3, -0.25) is 4.79 Å². The highest BCUT2D eigenvalue weighted by Crippen LogP contribution is 2.11. The number of hydrogen-bond acceptors (Lipinski definition) is 6. The van der Waals surface area contributed by atoms with Gasteiger partial charge in [-0.15, -0.1) is 12.3 Å². The van der Waals surface area contributed by atoms with Crippen LogP contribution in [0.4, 0.5) is 5.69 Å². The molecule has 0 aromatic heterocycles. The van der Waals surface area contributed by atoms with Crippen LogP contribution in [0.25, 0.3) is 0 Å². The molecule has 8 nitrogen and oxygen atoms in total. The molecule has 2 aromatic rings. The zero-order chi connectivity index (χ0) is 21.4. The summed E-state index contributed by atoms with van der Waals surface area (Å²) in [6, 6.07) is 11.9. The van der Waals surface area contributed by atoms with Crippen LogP contribution in [0.3, 0.4) is 0 Å². The molecule has 0 radical (unpaired) electrons. The summed E-state index contributed by atoms with van der Waals surface area (Å²) in [5, 5.41) is 9.84. The summed E-state index contributed by atoms with van der Waals surface area (Å²) in [5.74, 6) is 2.36. The number of Topliss-reactive ketones (excluding diaryl/α,β-unsaturated/α-hetero) is 1. The third-order valence-electron chi connectivity index (χ3n) is 3.36. The largest absolute Gasteiger partial charge is 0.399 e. The summed E-state index contributed by atoms with van der Waals surface area (Å²) in [6.45, 7) is 0. The molecule has 0 aliphatic rings. The Morgan fingerprint density at radius 1 is 0.929 bits per heavy atom. The Balaban J connectivity index is 0.000000307. The lowest BCUT2D eigenvalue weighted by Crippen LogP contribution is -2.12. The molecule has 0 aliphatic carbocycles. The van der Waals surface area contributed by atoms with E-state index in [9.17, 15) is 21.6 Å². The van der Waals surface area contributed by atoms with Crippen LogP contribution < -0.4 is 16.0 Å². The van der Waals surface area contributed by atoms with E-state index in [1.54, 1.807) is 18.2 Å². The molecule has 2 rings (SSSR count). The fourth-order valence-corrected chi connectivity index (χ4v) is 3.20. The number of nitrogens with two attached hydrogens (primary N) is 3. The van der Waals surface area contributed by atoms with Crippen molar-refractivity contribution in [2.75, 3.05) is 5.73 Å². The summed E-state index contributed by atoms with van der Waals surface area (Å²) in [7, 11) is -7.33. The van der Waals surface area contributed by atoms with E-state index in [0.29, 0.717) is 24.1 Å². The second-order valence-electron chi connectivity index (χ2n) is 5.73. The van der Waals surface area contributed by atoms with E-state index in [4.69, 9.17) is 22.4 Å². The third-order valence-corrected chi connectivity index (χ3v) is 5.19. The van der Waals surface area contributed by atoms with Gasteiger partial charge in [-0.2, -0.15) is 0 Å². The molecular formula is C18H21N3O5S2. The number of carbonyl (C=O) groups is 1. The van der Waals surface area contributed by atoms with Crippen LogP contribution in [-0.4, -0.2) is 22.6 Å². The molecular weight excluding hydrogens is 402 g/mol. The molecule has 0 fully saturated rings. The summed E-state index contributed by atoms with van der Waals surface area (Å²) in [4.78, 5) is 11.5. The minimum Gasteiger partial charge on any atom is -0.399 e. The Hall–Kier alpha value is -2.71. The normalized spacial score (nSPS) is 11.0. The summed E-state index contributed by atoms with van der Waals surface area (Å²) >= 11 is 0. The number of terminal acetylenes is 1. The Kier molecular flexibility index (Phi) is 8.34. The van der Waals surface area contributed by atoms with Crippen LogP contribution in [0.2, 0.25) is 0 Å². The smallest absolute Gasteiger partial charge is 0.238 e. The van der Waals surface area contributed by atoms with Gasteiger partial charge in [-0.1, -0.05) is 18.2 Å². The lowest BCUT2D eigenvalue weighted by molar-refractivity contribution is -0.118. The maximum atomic E-state index is 11.5. The van der Waals surface area contributed by atoms with E-state index in [1.807, 2.05) is 0 Å². The van der Waals surface area contributed by atoms with Gasteiger partial charge in [-0.25, -0.2) is 27.1 Å². The summed E-state index contributed by atoms with van der Waals surface area (Å²) < 4.78 is 43.6. The molecule has 0 atom stereocenters. The molecule has 0 bridgehead atoms. The number of carbonyl (C=O) groups excluding carboxylic acids is 1. The molecule has 28 heavy (non-hydrogen) atoms. The number of hydrogen-bond donors (Lipinski definition) is 3. The monoisotopic (exact) mass is 423 g/mol. The Labute approximate surface area is 164 Å². The SMILES string of the molecule is C#CCCC(=O)Cc1cccc(S(N)(=O)=O)c1.Nc1cccc(S(N)(=O)=O)c1. The number of primary sulfonamides is 2. The van der Waals surface area contributed by atoms with Gasteiger partial charge >= 0.3 is 0 Å². The minimum absolute atomic E-state index is 0.0137. The van der Waals surface area contributed by atoms with Gasteiger partial charge in [0.25, 0.3) is 0 Å². The van der Waals surface area contributed by atoms with Crippen LogP contribution >= 0.6 is 0 Å². The molecule has 0 aliphatic heterocycles. The predicted molar refractivity (Wildman–Crippen MR) is 107 cm³/mol. The molecule has 10 heteroatoms. The molecule has 150 valence electrons. The van der Waals surface area contributed by atoms with E-state index in [1.165, 1.54) is 30.3 Å². The number of ketones is 1. The maximum absolute atomic E-state index is 11.5. The second kappa shape index (κ2) is 10.0. The molecule has 0 heterocycles. The highest BCUT2D eigenvalue weighted by molar-refractivity contribution is 7.89. The van der Waals surface area contributed by atoms with Crippen LogP contribution in [0.1, 0.15) is 18.4 Å². The Morgan fingerprint density at radius 3 is 1.93 bits per heavy atom. The van der Waals surface area contributed by atoms with Crippen LogP contribution in [0, 0.1) is 12.3 Å². The van der Waals surface area contributed by atoms with Crippen molar-refractivity contribution in [3.63, 3.8) is 0 Å². The molecule has 6 N–H and O–H groups in total. The number of nitrogen functional groups attached to an aromatic ring is 1. The van der Waals surface area contributed by atoms with Crippen molar-refractivity contribution in [1.29, 1.82) is 0 Å². The van der Waals surface area contributed by atoms with Gasteiger partial charge in [0, 0.05) is 24.9 Å². The first-order valence-corrected chi connectivity index (χ1v) is 11.0. The molecule has 0 unspecified atom stereocenters. The third kappa shape index (κ3) is 8.32. The van der Waals surface area contributed by atoms with Crippen molar-refractivity contribution in [2.45, 2.75) is 29.1 Å². The van der Waals surface area contributed by atoms with Crippen molar-refractivity contribution < 1.29 is 21.6 Å². The topological polar surface area (TPSA) is 163 Å². The average molecular weight is 424 g/mol. The summed E-state index contributed by atoms with van der Waals surface area (Å²) in [5.41, 5.74) is 6.34. The number of sulfonamides is 2. The molecule has 0 saturated heterocycles. The van der Waals surface area contributed by atoms with Gasteiger partial charge in [0.1, 0.15) is 5.78 Å². The minimum atomic E-state index is -3.72. The highest BCUT2D eigenvalue weighted by Gasteiger charge is 2.09. The van der Waals surface area contributed by atoms with Gasteiger partial charge in [0.2, 0.25) is 20.0 Å². The van der Waals surface area contributed by atoms with Crippen LogP contribution in [0.5, 0.6) is 0 Å². The van der Waals surface area contributed by atoms with Gasteiger partial charge in [-0.05, 0) is 35.9 Å². The zero-order valence-electron chi connectivity index (χ0n) is 14.9. The van der Waals surface area contributed by atoms with Gasteiger partial charge in [0.15, 0.2) is 0 Å². The van der Waals surface area contributed by atoms with E-state index >= 15 is 0 Å². The number of rotatable bonds is 6. The van der Waals surface area contributed by atoms with Crippen molar-refractivity contribution >= 4 is 31.5 Å². The Bertz CT molecular complexity index is 1090. The fraction of sp³-hybridized carbons (Fsp3) is 0.167. The molecule has 0 spiro atoms. The lowest BCUT2D eigenvalue weighted by atomic mass is 10.1. The van der Waals surface area contributed by atoms with E-state index in [-0.39, 0.29) is 22.0 Å². The number of benzene rings is 2. The zero-order valence-corrected chi connectivity index (χ0v) is 16.5. The first-order chi connectivity index (χ1) is 12.9. The molecule has 0 saturated carbocycles. The number of anilines is 1. The van der Waals surface area contributed by atoms with Crippen molar-refractivity contribution in [1.82, 2.24) is 0 Å². The van der Waals surface area contributed by atoms with Gasteiger partial charge in [0.05, 0.1) is 9.79 Å². The van der Waals surface area contributed by atoms with Crippen LogP contribution in [0.15, 0.2) is 58.3 Å². The maximum Gasteiger partial charge on any atom is 0.238 e. The molecule has 2 aromatic carbocycles. The fourth-order valence-electron chi connectivity index (χ4n) is 2.05. The lowest BCUT2D eigenvalue weighted by Gasteiger charge is -2.02. The van der Waals surface area contributed by atoms with Crippen molar-refractivity contribution in [3.05, 3.63) is 54.1 Å². The first kappa shape index (κ1) is 23.3. The van der Waals surface area contributed by atoms with Gasteiger partial charge < -0.3 is 5.73 Å². The quantitative estimate of drug-likeness (QED) is 0.459. The van der Waals surface area contributed by atoms with E-state index in [0.717, 1.165) is 0 Å². The van der Waals surface area contributed by atoms with E-state index in [2.05, 4.69) is 5.92 Å².